The summed E-state index contributed by atoms with van der Waals surface area (Å²) in [6.45, 7) is 3.40. The number of aromatic nitrogens is 1. The molecule has 3 rings (SSSR count). The minimum atomic E-state index is -3.91. The molecule has 2 atom stereocenters. The molecule has 1 aromatic carbocycles. The molecule has 2 N–H and O–H groups in total. The van der Waals surface area contributed by atoms with Crippen molar-refractivity contribution < 1.29 is 18.3 Å². The van der Waals surface area contributed by atoms with E-state index >= 15 is 0 Å². The van der Waals surface area contributed by atoms with Gasteiger partial charge < -0.3 is 9.67 Å². The Bertz CT molecular complexity index is 1210. The molecule has 0 bridgehead atoms. The number of benzene rings is 1. The Hall–Kier alpha value is -2.91. The highest BCUT2D eigenvalue weighted by Gasteiger charge is 2.34. The Morgan fingerprint density at radius 1 is 1.43 bits per heavy atom. The molecule has 30 heavy (non-hydrogen) atoms. The highest BCUT2D eigenvalue weighted by Crippen LogP contribution is 2.29. The molecule has 0 saturated carbocycles. The molecular formula is C22H23N3O4S. The maximum absolute atomic E-state index is 13.1. The maximum Gasteiger partial charge on any atom is 0.242 e. The second kappa shape index (κ2) is 8.45. The van der Waals surface area contributed by atoms with Gasteiger partial charge in [-0.25, -0.2) is 13.1 Å². The molecule has 0 saturated heterocycles. The molecule has 156 valence electrons. The maximum atomic E-state index is 13.1. The molecule has 0 fully saturated rings. The number of nitrogens with zero attached hydrogens (tertiary/aromatic N) is 2. The summed E-state index contributed by atoms with van der Waals surface area (Å²) < 4.78 is 29.7. The molecule has 1 aromatic heterocycles. The Balaban J connectivity index is 1.96. The van der Waals surface area contributed by atoms with Crippen LogP contribution in [0, 0.1) is 30.1 Å². The molecule has 2 aromatic rings. The van der Waals surface area contributed by atoms with Gasteiger partial charge in [0, 0.05) is 25.2 Å². The fourth-order valence-electron chi connectivity index (χ4n) is 3.75. The van der Waals surface area contributed by atoms with Crippen molar-refractivity contribution in [2.24, 2.45) is 7.05 Å². The van der Waals surface area contributed by atoms with Crippen LogP contribution >= 0.6 is 0 Å². The minimum absolute atomic E-state index is 0.0501. The van der Waals surface area contributed by atoms with Gasteiger partial charge in [-0.3, -0.25) is 4.79 Å². The second-order valence-corrected chi connectivity index (χ2v) is 9.08. The van der Waals surface area contributed by atoms with E-state index in [1.165, 1.54) is 10.8 Å². The van der Waals surface area contributed by atoms with Gasteiger partial charge >= 0.3 is 0 Å². The van der Waals surface area contributed by atoms with Crippen molar-refractivity contribution in [3.05, 3.63) is 52.3 Å². The first-order valence-corrected chi connectivity index (χ1v) is 11.0. The van der Waals surface area contributed by atoms with Gasteiger partial charge in [-0.05, 0) is 43.9 Å². The Labute approximate surface area is 176 Å². The molecule has 1 aliphatic rings. The van der Waals surface area contributed by atoms with E-state index in [2.05, 4.69) is 22.6 Å². The van der Waals surface area contributed by atoms with Crippen LogP contribution in [-0.2, 0) is 29.9 Å². The average molecular weight is 426 g/mol. The number of aryl methyl sites for hydroxylation is 2. The molecule has 1 aliphatic heterocycles. The molecular weight excluding hydrogens is 402 g/mol. The quantitative estimate of drug-likeness (QED) is 0.571. The summed E-state index contributed by atoms with van der Waals surface area (Å²) in [5.74, 6) is 4.94. The van der Waals surface area contributed by atoms with Crippen LogP contribution in [0.15, 0.2) is 29.3 Å². The summed E-state index contributed by atoms with van der Waals surface area (Å²) in [6, 6.07) is 6.63. The standard InChI is InChI=1S/C22H23N3O4S/c1-4-5-19(26)18-9-8-17-21(30(28,29)24-18)13-25(3)22(17)20(27)11-15-7-6-14(2)16(10-15)12-23/h6-7,10,13,18-19,24,26H,8-9,11H2,1-3H3/t18-,19+/m0/s1. The van der Waals surface area contributed by atoms with Gasteiger partial charge in [0.2, 0.25) is 10.0 Å². The van der Waals surface area contributed by atoms with Gasteiger partial charge in [-0.1, -0.05) is 18.1 Å². The third-order valence-corrected chi connectivity index (χ3v) is 6.82. The van der Waals surface area contributed by atoms with E-state index in [4.69, 9.17) is 0 Å². The largest absolute Gasteiger partial charge is 0.379 e. The number of sulfonamides is 1. The van der Waals surface area contributed by atoms with Crippen LogP contribution in [0.1, 0.15) is 46.1 Å². The highest BCUT2D eigenvalue weighted by molar-refractivity contribution is 7.89. The number of carbonyl (C=O) groups is 1. The lowest BCUT2D eigenvalue weighted by atomic mass is 9.97. The number of carbonyl (C=O) groups excluding carboxylic acids is 1. The summed E-state index contributed by atoms with van der Waals surface area (Å²) in [7, 11) is -2.27. The fourth-order valence-corrected chi connectivity index (χ4v) is 5.34. The number of aliphatic hydroxyl groups is 1. The van der Waals surface area contributed by atoms with E-state index in [1.54, 1.807) is 32.2 Å². The van der Waals surface area contributed by atoms with Gasteiger partial charge in [0.05, 0.1) is 23.4 Å². The second-order valence-electron chi connectivity index (χ2n) is 7.40. The van der Waals surface area contributed by atoms with E-state index < -0.39 is 22.2 Å². The Kier molecular flexibility index (Phi) is 6.14. The van der Waals surface area contributed by atoms with Gasteiger partial charge in [-0.15, -0.1) is 5.92 Å². The normalized spacial score (nSPS) is 18.3. The van der Waals surface area contributed by atoms with E-state index in [0.717, 1.165) is 5.56 Å². The molecule has 0 unspecified atom stereocenters. The smallest absolute Gasteiger partial charge is 0.242 e. The molecule has 0 amide bonds. The Morgan fingerprint density at radius 2 is 2.17 bits per heavy atom. The van der Waals surface area contributed by atoms with Crippen molar-refractivity contribution in [2.45, 2.75) is 50.2 Å². The van der Waals surface area contributed by atoms with Gasteiger partial charge in [0.1, 0.15) is 11.0 Å². The number of ketones is 1. The first-order valence-electron chi connectivity index (χ1n) is 9.51. The number of hydrogen-bond acceptors (Lipinski definition) is 5. The van der Waals surface area contributed by atoms with Crippen LogP contribution in [0.2, 0.25) is 0 Å². The number of nitriles is 1. The summed E-state index contributed by atoms with van der Waals surface area (Å²) in [6.07, 6.45) is 0.989. The Morgan fingerprint density at radius 3 is 2.83 bits per heavy atom. The number of hydrogen-bond donors (Lipinski definition) is 2. The van der Waals surface area contributed by atoms with Crippen molar-refractivity contribution in [1.82, 2.24) is 9.29 Å². The lowest BCUT2D eigenvalue weighted by Crippen LogP contribution is -2.41. The zero-order chi connectivity index (χ0) is 22.1. The van der Waals surface area contributed by atoms with Crippen LogP contribution in [-0.4, -0.2) is 36.0 Å². The summed E-state index contributed by atoms with van der Waals surface area (Å²) in [5.41, 5.74) is 2.80. The van der Waals surface area contributed by atoms with Crippen LogP contribution in [0.25, 0.3) is 0 Å². The number of rotatable bonds is 4. The highest BCUT2D eigenvalue weighted by atomic mass is 32.2. The predicted octanol–water partition coefficient (Wildman–Crippen LogP) is 1.61. The number of nitrogens with one attached hydrogen (secondary N) is 1. The lowest BCUT2D eigenvalue weighted by Gasteiger charge is -2.17. The molecule has 0 spiro atoms. The first kappa shape index (κ1) is 21.8. The van der Waals surface area contributed by atoms with Crippen molar-refractivity contribution in [3.8, 4) is 17.9 Å². The van der Waals surface area contributed by atoms with Crippen molar-refractivity contribution in [2.75, 3.05) is 0 Å². The SMILES string of the molecule is CC#C[C@@H](O)[C@@H]1CCc2c(cn(C)c2C(=O)Cc2ccc(C)c(C#N)c2)S(=O)(=O)N1. The van der Waals surface area contributed by atoms with E-state index in [1.807, 2.05) is 6.92 Å². The van der Waals surface area contributed by atoms with Crippen LogP contribution in [0.5, 0.6) is 0 Å². The van der Waals surface area contributed by atoms with Crippen LogP contribution < -0.4 is 4.72 Å². The average Bonchev–Trinajstić information content (AvgIpc) is 2.97. The molecule has 2 heterocycles. The molecule has 0 radical (unpaired) electrons. The van der Waals surface area contributed by atoms with Gasteiger partial charge in [-0.2, -0.15) is 5.26 Å². The van der Waals surface area contributed by atoms with E-state index in [0.29, 0.717) is 35.2 Å². The summed E-state index contributed by atoms with van der Waals surface area (Å²) >= 11 is 0. The van der Waals surface area contributed by atoms with E-state index in [9.17, 15) is 23.6 Å². The molecule has 8 heteroatoms. The minimum Gasteiger partial charge on any atom is -0.379 e. The van der Waals surface area contributed by atoms with Gasteiger partial charge in [0.15, 0.2) is 5.78 Å². The van der Waals surface area contributed by atoms with Crippen molar-refractivity contribution in [1.29, 1.82) is 5.26 Å². The number of aliphatic hydroxyl groups excluding tert-OH is 1. The monoisotopic (exact) mass is 425 g/mol. The summed E-state index contributed by atoms with van der Waals surface area (Å²) in [4.78, 5) is 13.2. The first-order chi connectivity index (χ1) is 14.2. The number of Topliss-reactive ketones (excluding diaryl/α,β-unsaturated/α-hetero) is 1. The third-order valence-electron chi connectivity index (χ3n) is 5.27. The van der Waals surface area contributed by atoms with Crippen LogP contribution in [0.4, 0.5) is 0 Å². The van der Waals surface area contributed by atoms with Crippen LogP contribution in [0.3, 0.4) is 0 Å². The third kappa shape index (κ3) is 4.17. The molecule has 7 nitrogen and oxygen atoms in total. The number of fused-ring (bicyclic) bond motifs is 1. The summed E-state index contributed by atoms with van der Waals surface area (Å²) in [5, 5.41) is 19.4. The predicted molar refractivity (Wildman–Crippen MR) is 111 cm³/mol. The molecule has 0 aliphatic carbocycles. The fraction of sp³-hybridized carbons (Fsp3) is 0.364. The zero-order valence-electron chi connectivity index (χ0n) is 17.1. The van der Waals surface area contributed by atoms with E-state index in [-0.39, 0.29) is 17.1 Å². The van der Waals surface area contributed by atoms with Crippen molar-refractivity contribution >= 4 is 15.8 Å². The lowest BCUT2D eigenvalue weighted by molar-refractivity contribution is 0.0984. The van der Waals surface area contributed by atoms with Crippen molar-refractivity contribution in [3.63, 3.8) is 0 Å². The topological polar surface area (TPSA) is 112 Å². The zero-order valence-corrected chi connectivity index (χ0v) is 17.9. The van der Waals surface area contributed by atoms with Gasteiger partial charge in [0.25, 0.3) is 0 Å².